The second-order valence-corrected chi connectivity index (χ2v) is 4.39. The number of nitrogens with one attached hydrogen (secondary N) is 1. The van der Waals surface area contributed by atoms with E-state index in [0.29, 0.717) is 0 Å². The van der Waals surface area contributed by atoms with E-state index >= 15 is 0 Å². The van der Waals surface area contributed by atoms with Gasteiger partial charge in [-0.25, -0.2) is 0 Å². The Morgan fingerprint density at radius 3 is 3.00 bits per heavy atom. The lowest BCUT2D eigenvalue weighted by Crippen LogP contribution is -2.05. The Labute approximate surface area is 94.1 Å². The molecule has 0 amide bonds. The van der Waals surface area contributed by atoms with Crippen LogP contribution in [0.4, 0.5) is 0 Å². The fourth-order valence-electron chi connectivity index (χ4n) is 1.38. The molecule has 0 aliphatic rings. The van der Waals surface area contributed by atoms with E-state index < -0.39 is 0 Å². The molecule has 1 nitrogen and oxygen atoms in total. The molecule has 0 aliphatic heterocycles. The maximum Gasteiger partial charge on any atom is 0.0781 e. The van der Waals surface area contributed by atoms with Gasteiger partial charge in [-0.15, -0.1) is 11.3 Å². The van der Waals surface area contributed by atoms with E-state index in [-0.39, 0.29) is 0 Å². The molecular formula is C13H13NS. The second-order valence-electron chi connectivity index (χ2n) is 3.30. The minimum Gasteiger partial charge on any atom is -0.319 e. The fraction of sp³-hybridized carbons (Fsp3) is 0.231. The predicted molar refractivity (Wildman–Crippen MR) is 67.2 cm³/mol. The van der Waals surface area contributed by atoms with Crippen molar-refractivity contribution in [3.63, 3.8) is 0 Å². The molecule has 0 aliphatic carbocycles. The zero-order valence-electron chi connectivity index (χ0n) is 8.71. The molecule has 0 fully saturated rings. The third kappa shape index (κ3) is 2.59. The Morgan fingerprint density at radius 1 is 1.33 bits per heavy atom. The molecule has 2 rings (SSSR count). The van der Waals surface area contributed by atoms with Crippen molar-refractivity contribution >= 4 is 21.4 Å². The van der Waals surface area contributed by atoms with E-state index in [1.807, 2.05) is 7.05 Å². The Kier molecular flexibility index (Phi) is 3.39. The van der Waals surface area contributed by atoms with Crippen molar-refractivity contribution in [1.29, 1.82) is 0 Å². The standard InChI is InChI=1S/C13H13NS/c1-14-9-5-4-7-12-10-11-6-2-3-8-13(11)15-12/h2-3,6,8,10,14H,5,9H2,1H3. The highest BCUT2D eigenvalue weighted by Crippen LogP contribution is 2.24. The van der Waals surface area contributed by atoms with Crippen molar-refractivity contribution in [3.05, 3.63) is 35.2 Å². The summed E-state index contributed by atoms with van der Waals surface area (Å²) in [6.07, 6.45) is 0.907. The van der Waals surface area contributed by atoms with Gasteiger partial charge in [0.15, 0.2) is 0 Å². The normalized spacial score (nSPS) is 9.93. The Hall–Kier alpha value is -1.30. The zero-order valence-corrected chi connectivity index (χ0v) is 9.53. The van der Waals surface area contributed by atoms with Crippen LogP contribution >= 0.6 is 11.3 Å². The molecule has 1 N–H and O–H groups in total. The highest BCUT2D eigenvalue weighted by molar-refractivity contribution is 7.19. The van der Waals surface area contributed by atoms with Gasteiger partial charge in [0.25, 0.3) is 0 Å². The second kappa shape index (κ2) is 4.97. The van der Waals surface area contributed by atoms with E-state index in [1.165, 1.54) is 10.1 Å². The van der Waals surface area contributed by atoms with E-state index in [2.05, 4.69) is 47.5 Å². The topological polar surface area (TPSA) is 12.0 Å². The van der Waals surface area contributed by atoms with Crippen molar-refractivity contribution in [2.45, 2.75) is 6.42 Å². The van der Waals surface area contributed by atoms with Gasteiger partial charge in [-0.2, -0.15) is 0 Å². The minimum atomic E-state index is 0.907. The van der Waals surface area contributed by atoms with E-state index in [1.54, 1.807) is 11.3 Å². The first-order valence-corrected chi connectivity index (χ1v) is 5.84. The van der Waals surface area contributed by atoms with Gasteiger partial charge in [0.2, 0.25) is 0 Å². The maximum absolute atomic E-state index is 3.20. The summed E-state index contributed by atoms with van der Waals surface area (Å²) in [7, 11) is 1.95. The van der Waals surface area contributed by atoms with Crippen molar-refractivity contribution in [2.75, 3.05) is 13.6 Å². The Bertz CT molecular complexity index is 469. The quantitative estimate of drug-likeness (QED) is 0.600. The van der Waals surface area contributed by atoms with Crippen LogP contribution in [0.1, 0.15) is 11.3 Å². The van der Waals surface area contributed by atoms with E-state index in [4.69, 9.17) is 0 Å². The molecule has 15 heavy (non-hydrogen) atoms. The molecule has 2 aromatic rings. The molecule has 0 unspecified atom stereocenters. The van der Waals surface area contributed by atoms with Gasteiger partial charge in [-0.05, 0) is 24.6 Å². The summed E-state index contributed by atoms with van der Waals surface area (Å²) in [5, 5.41) is 4.37. The molecule has 2 heteroatoms. The van der Waals surface area contributed by atoms with Gasteiger partial charge in [0.05, 0.1) is 4.88 Å². The van der Waals surface area contributed by atoms with Crippen LogP contribution in [-0.4, -0.2) is 13.6 Å². The SMILES string of the molecule is CNCCC#Cc1cc2ccccc2s1. The van der Waals surface area contributed by atoms with Gasteiger partial charge in [-0.3, -0.25) is 0 Å². The number of benzene rings is 1. The summed E-state index contributed by atoms with van der Waals surface area (Å²) in [5.74, 6) is 6.36. The van der Waals surface area contributed by atoms with Crippen molar-refractivity contribution < 1.29 is 0 Å². The molecule has 1 heterocycles. The molecule has 0 atom stereocenters. The first kappa shape index (κ1) is 10.2. The molecule has 0 spiro atoms. The summed E-state index contributed by atoms with van der Waals surface area (Å²) >= 11 is 1.76. The molecular weight excluding hydrogens is 202 g/mol. The summed E-state index contributed by atoms with van der Waals surface area (Å²) < 4.78 is 1.32. The lowest BCUT2D eigenvalue weighted by Gasteiger charge is -1.86. The number of rotatable bonds is 2. The Morgan fingerprint density at radius 2 is 2.20 bits per heavy atom. The summed E-state index contributed by atoms with van der Waals surface area (Å²) in [6.45, 7) is 0.956. The van der Waals surface area contributed by atoms with Crippen molar-refractivity contribution in [2.24, 2.45) is 0 Å². The van der Waals surface area contributed by atoms with Crippen LogP contribution in [0.25, 0.3) is 10.1 Å². The monoisotopic (exact) mass is 215 g/mol. The minimum absolute atomic E-state index is 0.907. The van der Waals surface area contributed by atoms with Crippen LogP contribution in [0.15, 0.2) is 30.3 Å². The molecule has 0 saturated carbocycles. The van der Waals surface area contributed by atoms with Crippen LogP contribution in [-0.2, 0) is 0 Å². The van der Waals surface area contributed by atoms with Crippen LogP contribution in [0.2, 0.25) is 0 Å². The zero-order chi connectivity index (χ0) is 10.5. The summed E-state index contributed by atoms with van der Waals surface area (Å²) in [5.41, 5.74) is 0. The van der Waals surface area contributed by atoms with Gasteiger partial charge in [0.1, 0.15) is 0 Å². The van der Waals surface area contributed by atoms with Crippen LogP contribution < -0.4 is 5.32 Å². The highest BCUT2D eigenvalue weighted by atomic mass is 32.1. The first-order valence-electron chi connectivity index (χ1n) is 5.02. The average Bonchev–Trinajstić information content (AvgIpc) is 2.67. The molecule has 0 radical (unpaired) electrons. The van der Waals surface area contributed by atoms with Crippen molar-refractivity contribution in [3.8, 4) is 11.8 Å². The van der Waals surface area contributed by atoms with Crippen LogP contribution in [0.5, 0.6) is 0 Å². The third-order valence-electron chi connectivity index (χ3n) is 2.14. The average molecular weight is 215 g/mol. The largest absolute Gasteiger partial charge is 0.319 e. The van der Waals surface area contributed by atoms with Gasteiger partial charge in [0, 0.05) is 17.7 Å². The predicted octanol–water partition coefficient (Wildman–Crippen LogP) is 2.86. The van der Waals surface area contributed by atoms with Crippen molar-refractivity contribution in [1.82, 2.24) is 5.32 Å². The smallest absolute Gasteiger partial charge is 0.0781 e. The molecule has 1 aromatic heterocycles. The van der Waals surface area contributed by atoms with E-state index in [9.17, 15) is 0 Å². The van der Waals surface area contributed by atoms with Gasteiger partial charge < -0.3 is 5.32 Å². The Balaban J connectivity index is 2.17. The maximum atomic E-state index is 3.20. The first-order chi connectivity index (χ1) is 7.40. The molecule has 76 valence electrons. The number of fused-ring (bicyclic) bond motifs is 1. The number of hydrogen-bond donors (Lipinski definition) is 1. The van der Waals surface area contributed by atoms with E-state index in [0.717, 1.165) is 17.8 Å². The van der Waals surface area contributed by atoms with Crippen LogP contribution in [0, 0.1) is 11.8 Å². The number of hydrogen-bond acceptors (Lipinski definition) is 2. The lowest BCUT2D eigenvalue weighted by atomic mass is 10.2. The van der Waals surface area contributed by atoms with Gasteiger partial charge >= 0.3 is 0 Å². The highest BCUT2D eigenvalue weighted by Gasteiger charge is 1.96. The molecule has 1 aromatic carbocycles. The lowest BCUT2D eigenvalue weighted by molar-refractivity contribution is 0.818. The fourth-order valence-corrected chi connectivity index (χ4v) is 2.32. The summed E-state index contributed by atoms with van der Waals surface area (Å²) in [4.78, 5) is 1.16. The number of thiophene rings is 1. The molecule has 0 saturated heterocycles. The third-order valence-corrected chi connectivity index (χ3v) is 3.17. The van der Waals surface area contributed by atoms with Gasteiger partial charge in [-0.1, -0.05) is 30.0 Å². The van der Waals surface area contributed by atoms with Crippen LogP contribution in [0.3, 0.4) is 0 Å². The molecule has 0 bridgehead atoms. The summed E-state index contributed by atoms with van der Waals surface area (Å²) in [6, 6.07) is 10.6.